The van der Waals surface area contributed by atoms with Crippen molar-refractivity contribution in [2.45, 2.75) is 47.7 Å². The van der Waals surface area contributed by atoms with Gasteiger partial charge in [0.1, 0.15) is 5.82 Å². The molecule has 158 valence electrons. The normalized spacial score (nSPS) is 11.1. The Labute approximate surface area is 183 Å². The van der Waals surface area contributed by atoms with Gasteiger partial charge in [0.05, 0.1) is 17.6 Å². The molecular weight excluding hydrogens is 382 g/mol. The van der Waals surface area contributed by atoms with Crippen molar-refractivity contribution in [2.75, 3.05) is 0 Å². The number of imidazole rings is 1. The van der Waals surface area contributed by atoms with Gasteiger partial charge in [0.2, 0.25) is 0 Å². The molecule has 0 aliphatic rings. The van der Waals surface area contributed by atoms with Crippen LogP contribution in [0.5, 0.6) is 0 Å². The lowest BCUT2D eigenvalue weighted by molar-refractivity contribution is 0.0949. The molecule has 0 radical (unpaired) electrons. The van der Waals surface area contributed by atoms with E-state index < -0.39 is 0 Å². The first-order chi connectivity index (χ1) is 14.9. The van der Waals surface area contributed by atoms with Crippen LogP contribution in [0.2, 0.25) is 0 Å². The quantitative estimate of drug-likeness (QED) is 0.468. The maximum atomic E-state index is 12.8. The number of fused-ring (bicyclic) bond motifs is 1. The molecule has 0 fully saturated rings. The molecule has 0 saturated heterocycles. The zero-order chi connectivity index (χ0) is 22.1. The van der Waals surface area contributed by atoms with Crippen LogP contribution in [0.3, 0.4) is 0 Å². The van der Waals surface area contributed by atoms with E-state index >= 15 is 0 Å². The van der Waals surface area contributed by atoms with E-state index in [1.807, 2.05) is 49.4 Å². The molecule has 1 heterocycles. The van der Waals surface area contributed by atoms with Crippen LogP contribution in [0.1, 0.15) is 49.6 Å². The van der Waals surface area contributed by atoms with Gasteiger partial charge in [-0.25, -0.2) is 4.98 Å². The van der Waals surface area contributed by atoms with Crippen LogP contribution < -0.4 is 5.32 Å². The Balaban J connectivity index is 1.71. The number of aryl methyl sites for hydroxylation is 3. The van der Waals surface area contributed by atoms with Crippen LogP contribution in [0, 0.1) is 34.6 Å². The monoisotopic (exact) mass is 411 g/mol. The van der Waals surface area contributed by atoms with Crippen molar-refractivity contribution in [1.82, 2.24) is 14.9 Å². The van der Waals surface area contributed by atoms with Crippen molar-refractivity contribution in [3.05, 3.63) is 99.4 Å². The largest absolute Gasteiger partial charge is 0.345 e. The Bertz CT molecular complexity index is 1260. The average molecular weight is 412 g/mol. The highest BCUT2D eigenvalue weighted by Crippen LogP contribution is 2.25. The number of nitrogens with zero attached hydrogens (tertiary/aromatic N) is 2. The number of nitrogens with one attached hydrogen (secondary N) is 1. The second-order valence-corrected chi connectivity index (χ2v) is 8.34. The molecule has 1 N–H and O–H groups in total. The van der Waals surface area contributed by atoms with Crippen LogP contribution in [0.25, 0.3) is 11.0 Å². The SMILES string of the molecule is Cc1ccccc1C(=O)NCc1nc2ccccc2n1Cc1c(C)c(C)cc(C)c1C. The Hall–Kier alpha value is -3.40. The molecule has 4 heteroatoms. The minimum atomic E-state index is -0.0736. The third-order valence-corrected chi connectivity index (χ3v) is 6.37. The van der Waals surface area contributed by atoms with Gasteiger partial charge in [-0.3, -0.25) is 4.79 Å². The van der Waals surface area contributed by atoms with E-state index in [9.17, 15) is 4.79 Å². The van der Waals surface area contributed by atoms with E-state index in [-0.39, 0.29) is 5.91 Å². The lowest BCUT2D eigenvalue weighted by Crippen LogP contribution is -2.25. The van der Waals surface area contributed by atoms with Gasteiger partial charge in [0.25, 0.3) is 5.91 Å². The number of benzene rings is 3. The summed E-state index contributed by atoms with van der Waals surface area (Å²) in [4.78, 5) is 17.6. The van der Waals surface area contributed by atoms with Crippen LogP contribution in [0.15, 0.2) is 54.6 Å². The van der Waals surface area contributed by atoms with E-state index in [4.69, 9.17) is 4.98 Å². The van der Waals surface area contributed by atoms with Crippen LogP contribution in [-0.2, 0) is 13.1 Å². The highest BCUT2D eigenvalue weighted by atomic mass is 16.1. The Morgan fingerprint density at radius 1 is 0.871 bits per heavy atom. The Morgan fingerprint density at radius 3 is 2.23 bits per heavy atom. The fourth-order valence-corrected chi connectivity index (χ4v) is 4.21. The van der Waals surface area contributed by atoms with Crippen molar-refractivity contribution in [3.8, 4) is 0 Å². The van der Waals surface area contributed by atoms with Crippen molar-refractivity contribution < 1.29 is 4.79 Å². The number of hydrogen-bond acceptors (Lipinski definition) is 2. The molecule has 1 aromatic heterocycles. The van der Waals surface area contributed by atoms with E-state index in [0.29, 0.717) is 12.1 Å². The van der Waals surface area contributed by atoms with Gasteiger partial charge in [-0.15, -0.1) is 0 Å². The molecule has 3 aromatic carbocycles. The van der Waals surface area contributed by atoms with Gasteiger partial charge in [-0.05, 0) is 86.2 Å². The van der Waals surface area contributed by atoms with Gasteiger partial charge in [0.15, 0.2) is 0 Å². The lowest BCUT2D eigenvalue weighted by atomic mass is 9.94. The number of hydrogen-bond donors (Lipinski definition) is 1. The summed E-state index contributed by atoms with van der Waals surface area (Å²) in [5.41, 5.74) is 10.3. The predicted molar refractivity (Wildman–Crippen MR) is 127 cm³/mol. The summed E-state index contributed by atoms with van der Waals surface area (Å²) in [6.07, 6.45) is 0. The van der Waals surface area contributed by atoms with Gasteiger partial charge >= 0.3 is 0 Å². The first kappa shape index (κ1) is 20.9. The van der Waals surface area contributed by atoms with Crippen LogP contribution >= 0.6 is 0 Å². The second kappa shape index (κ2) is 8.38. The maximum absolute atomic E-state index is 12.8. The summed E-state index contributed by atoms with van der Waals surface area (Å²) in [5, 5.41) is 3.07. The molecule has 4 rings (SSSR count). The van der Waals surface area contributed by atoms with Crippen molar-refractivity contribution in [2.24, 2.45) is 0 Å². The summed E-state index contributed by atoms with van der Waals surface area (Å²) >= 11 is 0. The molecular formula is C27H29N3O. The molecule has 4 nitrogen and oxygen atoms in total. The fraction of sp³-hybridized carbons (Fsp3) is 0.259. The summed E-state index contributed by atoms with van der Waals surface area (Å²) in [6.45, 7) is 11.8. The number of rotatable bonds is 5. The summed E-state index contributed by atoms with van der Waals surface area (Å²) in [5.74, 6) is 0.788. The topological polar surface area (TPSA) is 46.9 Å². The highest BCUT2D eigenvalue weighted by molar-refractivity contribution is 5.95. The van der Waals surface area contributed by atoms with Crippen molar-refractivity contribution in [1.29, 1.82) is 0 Å². The molecule has 1 amide bonds. The number of para-hydroxylation sites is 2. The number of aromatic nitrogens is 2. The zero-order valence-corrected chi connectivity index (χ0v) is 18.9. The summed E-state index contributed by atoms with van der Waals surface area (Å²) < 4.78 is 2.24. The molecule has 31 heavy (non-hydrogen) atoms. The van der Waals surface area contributed by atoms with E-state index in [1.54, 1.807) is 0 Å². The van der Waals surface area contributed by atoms with Crippen molar-refractivity contribution in [3.63, 3.8) is 0 Å². The average Bonchev–Trinajstić information content (AvgIpc) is 3.11. The van der Waals surface area contributed by atoms with Gasteiger partial charge in [-0.1, -0.05) is 36.4 Å². The first-order valence-corrected chi connectivity index (χ1v) is 10.7. The molecule has 0 aliphatic carbocycles. The molecule has 4 aromatic rings. The molecule has 0 spiro atoms. The lowest BCUT2D eigenvalue weighted by Gasteiger charge is -2.18. The van der Waals surface area contributed by atoms with Gasteiger partial charge in [0, 0.05) is 12.1 Å². The minimum Gasteiger partial charge on any atom is -0.345 e. The predicted octanol–water partition coefficient (Wildman–Crippen LogP) is 5.56. The minimum absolute atomic E-state index is 0.0736. The number of carbonyl (C=O) groups is 1. The summed E-state index contributed by atoms with van der Waals surface area (Å²) in [6, 6.07) is 18.1. The number of carbonyl (C=O) groups excluding carboxylic acids is 1. The molecule has 0 unspecified atom stereocenters. The van der Waals surface area contributed by atoms with Crippen LogP contribution in [0.4, 0.5) is 0 Å². The third kappa shape index (κ3) is 3.98. The van der Waals surface area contributed by atoms with Crippen LogP contribution in [-0.4, -0.2) is 15.5 Å². The molecule has 0 saturated carbocycles. The molecule has 0 atom stereocenters. The second-order valence-electron chi connectivity index (χ2n) is 8.34. The summed E-state index contributed by atoms with van der Waals surface area (Å²) in [7, 11) is 0. The first-order valence-electron chi connectivity index (χ1n) is 10.7. The zero-order valence-electron chi connectivity index (χ0n) is 18.9. The Kier molecular flexibility index (Phi) is 5.64. The highest BCUT2D eigenvalue weighted by Gasteiger charge is 2.16. The maximum Gasteiger partial charge on any atom is 0.251 e. The molecule has 0 bridgehead atoms. The molecule has 0 aliphatic heterocycles. The van der Waals surface area contributed by atoms with E-state index in [1.165, 1.54) is 27.8 Å². The third-order valence-electron chi connectivity index (χ3n) is 6.37. The smallest absolute Gasteiger partial charge is 0.251 e. The van der Waals surface area contributed by atoms with Crippen molar-refractivity contribution >= 4 is 16.9 Å². The van der Waals surface area contributed by atoms with E-state index in [0.717, 1.165) is 29.0 Å². The standard InChI is InChI=1S/C27H29N3O/c1-17-10-6-7-11-22(17)27(31)28-15-26-29-24-12-8-9-13-25(24)30(26)16-23-20(4)18(2)14-19(3)21(23)5/h6-14H,15-16H2,1-5H3,(H,28,31). The van der Waals surface area contributed by atoms with Gasteiger partial charge in [-0.2, -0.15) is 0 Å². The Morgan fingerprint density at radius 2 is 1.52 bits per heavy atom. The van der Waals surface area contributed by atoms with E-state index in [2.05, 4.69) is 49.7 Å². The number of amides is 1. The fourth-order valence-electron chi connectivity index (χ4n) is 4.21. The van der Waals surface area contributed by atoms with Gasteiger partial charge < -0.3 is 9.88 Å².